The number of hydrogen-bond acceptors (Lipinski definition) is 4. The van der Waals surface area contributed by atoms with Crippen LogP contribution in [0.5, 0.6) is 0 Å². The van der Waals surface area contributed by atoms with Gasteiger partial charge in [-0.25, -0.2) is 0 Å². The Labute approximate surface area is 182 Å². The van der Waals surface area contributed by atoms with Crippen molar-refractivity contribution in [3.63, 3.8) is 0 Å². The standard InChI is InChI=1S/C24H28N2O3S/c1-16-10-12-19(13-11-16)26(23(29)18-14-20(27)30-15-18)21(17-8-6-5-7-9-17)22(28)25-24(2,3)4/h5-13,18,21H,14-15H2,1-4H3,(H,25,28)/t18-,21-/m0/s1. The molecule has 1 saturated heterocycles. The lowest BCUT2D eigenvalue weighted by Crippen LogP contribution is -2.50. The van der Waals surface area contributed by atoms with Gasteiger partial charge in [0.2, 0.25) is 11.8 Å². The molecule has 2 amide bonds. The average molecular weight is 425 g/mol. The first kappa shape index (κ1) is 22.1. The molecule has 5 nitrogen and oxygen atoms in total. The van der Waals surface area contributed by atoms with Crippen LogP contribution in [0.1, 0.15) is 44.4 Å². The van der Waals surface area contributed by atoms with Crippen molar-refractivity contribution in [2.75, 3.05) is 10.7 Å². The first-order valence-electron chi connectivity index (χ1n) is 10.1. The van der Waals surface area contributed by atoms with Crippen molar-refractivity contribution in [3.05, 3.63) is 65.7 Å². The molecule has 2 aromatic carbocycles. The number of rotatable bonds is 5. The third-order valence-electron chi connectivity index (χ3n) is 4.88. The monoisotopic (exact) mass is 424 g/mol. The summed E-state index contributed by atoms with van der Waals surface area (Å²) in [6, 6.07) is 16.1. The Morgan fingerprint density at radius 3 is 2.23 bits per heavy atom. The topological polar surface area (TPSA) is 66.5 Å². The first-order chi connectivity index (χ1) is 14.2. The van der Waals surface area contributed by atoms with E-state index in [1.807, 2.05) is 82.3 Å². The van der Waals surface area contributed by atoms with Crippen LogP contribution in [-0.2, 0) is 14.4 Å². The predicted octanol–water partition coefficient (Wildman–Crippen LogP) is 4.26. The van der Waals surface area contributed by atoms with Gasteiger partial charge in [-0.3, -0.25) is 19.3 Å². The number of thioether (sulfide) groups is 1. The van der Waals surface area contributed by atoms with Crippen molar-refractivity contribution in [1.29, 1.82) is 0 Å². The zero-order valence-electron chi connectivity index (χ0n) is 17.8. The molecule has 158 valence electrons. The Morgan fingerprint density at radius 2 is 1.70 bits per heavy atom. The highest BCUT2D eigenvalue weighted by Crippen LogP contribution is 2.34. The summed E-state index contributed by atoms with van der Waals surface area (Å²) >= 11 is 1.19. The second-order valence-electron chi connectivity index (χ2n) is 8.68. The van der Waals surface area contributed by atoms with Crippen molar-refractivity contribution in [3.8, 4) is 0 Å². The van der Waals surface area contributed by atoms with Gasteiger partial charge in [0, 0.05) is 23.4 Å². The number of nitrogens with zero attached hydrogens (tertiary/aromatic N) is 1. The highest BCUT2D eigenvalue weighted by Gasteiger charge is 2.39. The van der Waals surface area contributed by atoms with E-state index in [-0.39, 0.29) is 23.4 Å². The maximum Gasteiger partial charge on any atom is 0.248 e. The molecule has 1 fully saturated rings. The van der Waals surface area contributed by atoms with Gasteiger partial charge in [-0.05, 0) is 45.4 Å². The molecule has 0 saturated carbocycles. The third kappa shape index (κ3) is 5.30. The molecular weight excluding hydrogens is 396 g/mol. The van der Waals surface area contributed by atoms with Crippen LogP contribution < -0.4 is 10.2 Å². The largest absolute Gasteiger partial charge is 0.349 e. The summed E-state index contributed by atoms with van der Waals surface area (Å²) in [4.78, 5) is 40.5. The van der Waals surface area contributed by atoms with Gasteiger partial charge in [-0.2, -0.15) is 0 Å². The fourth-order valence-corrected chi connectivity index (χ4v) is 4.43. The Balaban J connectivity index is 2.10. The van der Waals surface area contributed by atoms with Crippen molar-refractivity contribution in [1.82, 2.24) is 5.32 Å². The zero-order valence-corrected chi connectivity index (χ0v) is 18.7. The van der Waals surface area contributed by atoms with E-state index in [0.717, 1.165) is 11.1 Å². The molecule has 30 heavy (non-hydrogen) atoms. The molecule has 0 radical (unpaired) electrons. The van der Waals surface area contributed by atoms with Crippen LogP contribution in [0.15, 0.2) is 54.6 Å². The number of benzene rings is 2. The third-order valence-corrected chi connectivity index (χ3v) is 5.94. The molecule has 0 spiro atoms. The van der Waals surface area contributed by atoms with Crippen LogP contribution in [0.3, 0.4) is 0 Å². The van der Waals surface area contributed by atoms with Gasteiger partial charge < -0.3 is 5.32 Å². The average Bonchev–Trinajstić information content (AvgIpc) is 3.12. The Bertz CT molecular complexity index is 920. The fourth-order valence-electron chi connectivity index (χ4n) is 3.47. The molecule has 2 atom stereocenters. The first-order valence-corrected chi connectivity index (χ1v) is 11.1. The Morgan fingerprint density at radius 1 is 1.07 bits per heavy atom. The summed E-state index contributed by atoms with van der Waals surface area (Å²) in [7, 11) is 0. The minimum atomic E-state index is -0.832. The van der Waals surface area contributed by atoms with Crippen LogP contribution in [0, 0.1) is 12.8 Å². The van der Waals surface area contributed by atoms with E-state index in [4.69, 9.17) is 0 Å². The van der Waals surface area contributed by atoms with Gasteiger partial charge in [0.25, 0.3) is 0 Å². The van der Waals surface area contributed by atoms with E-state index in [2.05, 4.69) is 5.32 Å². The zero-order chi connectivity index (χ0) is 21.9. The quantitative estimate of drug-likeness (QED) is 0.779. The molecular formula is C24H28N2O3S. The van der Waals surface area contributed by atoms with Crippen LogP contribution in [0.2, 0.25) is 0 Å². The minimum Gasteiger partial charge on any atom is -0.349 e. The van der Waals surface area contributed by atoms with E-state index >= 15 is 0 Å². The summed E-state index contributed by atoms with van der Waals surface area (Å²) in [5.41, 5.74) is 1.98. The summed E-state index contributed by atoms with van der Waals surface area (Å²) in [5, 5.41) is 3.05. The lowest BCUT2D eigenvalue weighted by Gasteiger charge is -2.35. The van der Waals surface area contributed by atoms with E-state index in [1.165, 1.54) is 11.8 Å². The number of hydrogen-bond donors (Lipinski definition) is 1. The van der Waals surface area contributed by atoms with Crippen molar-refractivity contribution in [2.45, 2.75) is 45.7 Å². The van der Waals surface area contributed by atoms with Crippen LogP contribution in [-0.4, -0.2) is 28.2 Å². The number of anilines is 1. The van der Waals surface area contributed by atoms with Gasteiger partial charge in [0.05, 0.1) is 5.92 Å². The number of carbonyl (C=O) groups is 3. The molecule has 6 heteroatoms. The smallest absolute Gasteiger partial charge is 0.248 e. The predicted molar refractivity (Wildman–Crippen MR) is 121 cm³/mol. The van der Waals surface area contributed by atoms with E-state index in [0.29, 0.717) is 11.4 Å². The van der Waals surface area contributed by atoms with Gasteiger partial charge in [0.15, 0.2) is 5.12 Å². The Hall–Kier alpha value is -2.60. The number of nitrogens with one attached hydrogen (secondary N) is 1. The maximum atomic E-state index is 13.6. The molecule has 1 aliphatic rings. The van der Waals surface area contributed by atoms with Gasteiger partial charge in [-0.15, -0.1) is 0 Å². The lowest BCUT2D eigenvalue weighted by atomic mass is 9.98. The van der Waals surface area contributed by atoms with Crippen molar-refractivity contribution in [2.24, 2.45) is 5.92 Å². The summed E-state index contributed by atoms with van der Waals surface area (Å²) in [6.45, 7) is 7.72. The van der Waals surface area contributed by atoms with Crippen LogP contribution >= 0.6 is 11.8 Å². The van der Waals surface area contributed by atoms with Crippen molar-refractivity contribution >= 4 is 34.4 Å². The lowest BCUT2D eigenvalue weighted by molar-refractivity contribution is -0.129. The molecule has 0 unspecified atom stereocenters. The fraction of sp³-hybridized carbons (Fsp3) is 0.375. The molecule has 0 bridgehead atoms. The molecule has 0 aromatic heterocycles. The van der Waals surface area contributed by atoms with Gasteiger partial charge in [-0.1, -0.05) is 59.8 Å². The maximum absolute atomic E-state index is 13.6. The number of amides is 2. The van der Waals surface area contributed by atoms with E-state index in [1.54, 1.807) is 4.90 Å². The molecule has 1 aliphatic heterocycles. The minimum absolute atomic E-state index is 0.0209. The SMILES string of the molecule is Cc1ccc(N(C(=O)[C@@H]2CSC(=O)C2)[C@H](C(=O)NC(C)(C)C)c2ccccc2)cc1. The molecule has 1 N–H and O–H groups in total. The second kappa shape index (κ2) is 9.04. The molecule has 2 aromatic rings. The normalized spacial score (nSPS) is 17.5. The van der Waals surface area contributed by atoms with Gasteiger partial charge >= 0.3 is 0 Å². The second-order valence-corrected chi connectivity index (χ2v) is 9.76. The molecule has 1 heterocycles. The Kier molecular flexibility index (Phi) is 6.66. The highest BCUT2D eigenvalue weighted by molar-refractivity contribution is 8.14. The van der Waals surface area contributed by atoms with Crippen LogP contribution in [0.25, 0.3) is 0 Å². The number of carbonyl (C=O) groups excluding carboxylic acids is 3. The van der Waals surface area contributed by atoms with Gasteiger partial charge in [0.1, 0.15) is 6.04 Å². The highest BCUT2D eigenvalue weighted by atomic mass is 32.2. The summed E-state index contributed by atoms with van der Waals surface area (Å²) < 4.78 is 0. The van der Waals surface area contributed by atoms with E-state index < -0.39 is 17.5 Å². The van der Waals surface area contributed by atoms with Crippen LogP contribution in [0.4, 0.5) is 5.69 Å². The summed E-state index contributed by atoms with van der Waals surface area (Å²) in [5.74, 6) is -0.435. The molecule has 0 aliphatic carbocycles. The van der Waals surface area contributed by atoms with E-state index in [9.17, 15) is 14.4 Å². The summed E-state index contributed by atoms with van der Waals surface area (Å²) in [6.07, 6.45) is 0.203. The molecule has 3 rings (SSSR count). The van der Waals surface area contributed by atoms with Crippen molar-refractivity contribution < 1.29 is 14.4 Å². The number of aryl methyl sites for hydroxylation is 1.